The van der Waals surface area contributed by atoms with Crippen molar-refractivity contribution in [1.29, 1.82) is 0 Å². The molecule has 5 rings (SSSR count). The van der Waals surface area contributed by atoms with Crippen LogP contribution in [0.25, 0.3) is 10.9 Å². The molecule has 0 amide bonds. The maximum Gasteiger partial charge on any atom is 0.283 e. The molecule has 2 fully saturated rings. The third-order valence-electron chi connectivity index (χ3n) is 6.58. The molecule has 0 aliphatic carbocycles. The van der Waals surface area contributed by atoms with E-state index in [1.807, 2.05) is 24.3 Å². The van der Waals surface area contributed by atoms with Gasteiger partial charge in [-0.15, -0.1) is 0 Å². The third kappa shape index (κ3) is 3.85. The minimum Gasteiger partial charge on any atom is -0.380 e. The molecule has 9 heteroatoms. The number of hydrogen-bond acceptors (Lipinski definition) is 7. The second kappa shape index (κ2) is 8.38. The predicted octanol–water partition coefficient (Wildman–Crippen LogP) is 2.25. The van der Waals surface area contributed by atoms with Crippen molar-refractivity contribution >= 4 is 32.3 Å². The molecule has 170 valence electrons. The fraction of sp³-hybridized carbons (Fsp3) is 0.435. The molecule has 2 saturated heterocycles. The standard InChI is InChI=1S/C23H29N5O3S/c1-25-10-12-26(13-11-25)20-7-6-18-16-24-28(23(18)15-20)32(29,30)22-5-3-4-19(14-22)27-9-8-21(17-27)31-2/h3-7,14-16,21H,8-13,17H2,1-2H3. The van der Waals surface area contributed by atoms with Gasteiger partial charge in [-0.05, 0) is 49.9 Å². The third-order valence-corrected chi connectivity index (χ3v) is 8.17. The molecule has 0 saturated carbocycles. The number of likely N-dealkylation sites (N-methyl/N-ethyl adjacent to an activating group) is 1. The lowest BCUT2D eigenvalue weighted by Gasteiger charge is -2.34. The van der Waals surface area contributed by atoms with Crippen molar-refractivity contribution in [2.75, 3.05) is 63.2 Å². The summed E-state index contributed by atoms with van der Waals surface area (Å²) in [6.07, 6.45) is 2.74. The number of nitrogens with zero attached hydrogens (tertiary/aromatic N) is 5. The average Bonchev–Trinajstić information content (AvgIpc) is 3.47. The minimum absolute atomic E-state index is 0.179. The molecule has 2 aromatic carbocycles. The zero-order valence-corrected chi connectivity index (χ0v) is 19.3. The van der Waals surface area contributed by atoms with E-state index in [2.05, 4.69) is 26.8 Å². The smallest absolute Gasteiger partial charge is 0.283 e. The quantitative estimate of drug-likeness (QED) is 0.584. The highest BCUT2D eigenvalue weighted by molar-refractivity contribution is 7.90. The molecule has 8 nitrogen and oxygen atoms in total. The molecule has 0 spiro atoms. The zero-order valence-electron chi connectivity index (χ0n) is 18.5. The number of anilines is 2. The van der Waals surface area contributed by atoms with Crippen molar-refractivity contribution in [2.45, 2.75) is 17.4 Å². The van der Waals surface area contributed by atoms with Crippen LogP contribution in [0, 0.1) is 0 Å². The molecule has 0 bridgehead atoms. The molecular formula is C23H29N5O3S. The van der Waals surface area contributed by atoms with Gasteiger partial charge in [0.05, 0.1) is 22.7 Å². The minimum atomic E-state index is -3.83. The van der Waals surface area contributed by atoms with Gasteiger partial charge in [0.1, 0.15) is 0 Å². The summed E-state index contributed by atoms with van der Waals surface area (Å²) >= 11 is 0. The lowest BCUT2D eigenvalue weighted by Crippen LogP contribution is -2.44. The van der Waals surface area contributed by atoms with Gasteiger partial charge in [-0.1, -0.05) is 6.07 Å². The van der Waals surface area contributed by atoms with Crippen LogP contribution in [0.15, 0.2) is 53.6 Å². The molecule has 0 N–H and O–H groups in total. The topological polar surface area (TPSA) is 70.9 Å². The Kier molecular flexibility index (Phi) is 5.56. The lowest BCUT2D eigenvalue weighted by molar-refractivity contribution is 0.121. The van der Waals surface area contributed by atoms with Crippen LogP contribution >= 0.6 is 0 Å². The summed E-state index contributed by atoms with van der Waals surface area (Å²) in [6.45, 7) is 5.43. The number of hydrogen-bond donors (Lipinski definition) is 0. The number of ether oxygens (including phenoxy) is 1. The second-order valence-electron chi connectivity index (χ2n) is 8.62. The Hall–Kier alpha value is -2.62. The van der Waals surface area contributed by atoms with Crippen LogP contribution in [-0.4, -0.2) is 82.0 Å². The summed E-state index contributed by atoms with van der Waals surface area (Å²) in [6, 6.07) is 13.1. The largest absolute Gasteiger partial charge is 0.380 e. The Bertz CT molecular complexity index is 1220. The monoisotopic (exact) mass is 455 g/mol. The van der Waals surface area contributed by atoms with Crippen LogP contribution in [0.3, 0.4) is 0 Å². The number of aromatic nitrogens is 2. The molecule has 32 heavy (non-hydrogen) atoms. The Labute approximate surface area is 189 Å². The molecule has 1 aromatic heterocycles. The highest BCUT2D eigenvalue weighted by Crippen LogP contribution is 2.28. The van der Waals surface area contributed by atoms with Crippen LogP contribution in [0.4, 0.5) is 11.4 Å². The van der Waals surface area contributed by atoms with E-state index in [1.165, 1.54) is 4.09 Å². The molecule has 2 aliphatic heterocycles. The van der Waals surface area contributed by atoms with Crippen LogP contribution in [0.5, 0.6) is 0 Å². The predicted molar refractivity (Wildman–Crippen MR) is 126 cm³/mol. The van der Waals surface area contributed by atoms with E-state index in [1.54, 1.807) is 31.5 Å². The van der Waals surface area contributed by atoms with Crippen LogP contribution in [-0.2, 0) is 14.8 Å². The van der Waals surface area contributed by atoms with E-state index < -0.39 is 10.0 Å². The number of rotatable bonds is 5. The SMILES string of the molecule is COC1CCN(c2cccc(S(=O)(=O)n3ncc4ccc(N5CCN(C)CC5)cc43)c2)C1. The summed E-state index contributed by atoms with van der Waals surface area (Å²) in [5.41, 5.74) is 2.52. The molecule has 2 aliphatic rings. The highest BCUT2D eigenvalue weighted by atomic mass is 32.2. The van der Waals surface area contributed by atoms with Crippen molar-refractivity contribution in [1.82, 2.24) is 14.1 Å². The van der Waals surface area contributed by atoms with Gasteiger partial charge in [0, 0.05) is 63.1 Å². The first-order chi connectivity index (χ1) is 15.5. The van der Waals surface area contributed by atoms with E-state index in [9.17, 15) is 8.42 Å². The van der Waals surface area contributed by atoms with E-state index in [0.717, 1.165) is 62.5 Å². The van der Waals surface area contributed by atoms with Gasteiger partial charge >= 0.3 is 0 Å². The number of benzene rings is 2. The Balaban J connectivity index is 1.48. The van der Waals surface area contributed by atoms with Gasteiger partial charge in [0.15, 0.2) is 0 Å². The Morgan fingerprint density at radius 1 is 0.969 bits per heavy atom. The van der Waals surface area contributed by atoms with E-state index in [4.69, 9.17) is 4.74 Å². The summed E-state index contributed by atoms with van der Waals surface area (Å²) in [7, 11) is 0.00672. The van der Waals surface area contributed by atoms with Gasteiger partial charge in [-0.25, -0.2) is 0 Å². The average molecular weight is 456 g/mol. The van der Waals surface area contributed by atoms with Gasteiger partial charge in [-0.2, -0.15) is 17.6 Å². The van der Waals surface area contributed by atoms with E-state index >= 15 is 0 Å². The molecule has 1 unspecified atom stereocenters. The van der Waals surface area contributed by atoms with Crippen LogP contribution in [0.1, 0.15) is 6.42 Å². The number of fused-ring (bicyclic) bond motifs is 1. The van der Waals surface area contributed by atoms with Crippen molar-refractivity contribution < 1.29 is 13.2 Å². The summed E-state index contributed by atoms with van der Waals surface area (Å²) in [5, 5.41) is 5.07. The Morgan fingerprint density at radius 2 is 1.75 bits per heavy atom. The van der Waals surface area contributed by atoms with Gasteiger partial charge in [0.2, 0.25) is 0 Å². The van der Waals surface area contributed by atoms with Crippen molar-refractivity contribution in [3.05, 3.63) is 48.7 Å². The maximum atomic E-state index is 13.6. The van der Waals surface area contributed by atoms with Gasteiger partial charge in [-0.3, -0.25) is 0 Å². The van der Waals surface area contributed by atoms with Crippen LogP contribution < -0.4 is 9.80 Å². The maximum absolute atomic E-state index is 13.6. The zero-order chi connectivity index (χ0) is 22.3. The van der Waals surface area contributed by atoms with Crippen LogP contribution in [0.2, 0.25) is 0 Å². The first-order valence-electron chi connectivity index (χ1n) is 11.0. The molecule has 3 heterocycles. The van der Waals surface area contributed by atoms with E-state index in [0.29, 0.717) is 5.52 Å². The molecular weight excluding hydrogens is 426 g/mol. The normalized spacial score (nSPS) is 20.4. The summed E-state index contributed by atoms with van der Waals surface area (Å²) in [4.78, 5) is 7.00. The summed E-state index contributed by atoms with van der Waals surface area (Å²) in [5.74, 6) is 0. The van der Waals surface area contributed by atoms with Gasteiger partial charge < -0.3 is 19.4 Å². The van der Waals surface area contributed by atoms with Gasteiger partial charge in [0.25, 0.3) is 10.0 Å². The van der Waals surface area contributed by atoms with E-state index in [-0.39, 0.29) is 11.0 Å². The lowest BCUT2D eigenvalue weighted by atomic mass is 10.2. The Morgan fingerprint density at radius 3 is 2.50 bits per heavy atom. The fourth-order valence-corrected chi connectivity index (χ4v) is 5.84. The van der Waals surface area contributed by atoms with Crippen molar-refractivity contribution in [2.24, 2.45) is 0 Å². The first-order valence-corrected chi connectivity index (χ1v) is 12.4. The first kappa shape index (κ1) is 21.2. The van der Waals surface area contributed by atoms with Crippen molar-refractivity contribution in [3.8, 4) is 0 Å². The number of methoxy groups -OCH3 is 1. The second-order valence-corrected chi connectivity index (χ2v) is 10.4. The molecule has 1 atom stereocenters. The van der Waals surface area contributed by atoms with Crippen molar-refractivity contribution in [3.63, 3.8) is 0 Å². The summed E-state index contributed by atoms with van der Waals surface area (Å²) < 4.78 is 33.8. The molecule has 0 radical (unpaired) electrons. The fourth-order valence-electron chi connectivity index (χ4n) is 4.53. The molecule has 3 aromatic rings. The number of piperazine rings is 1. The highest BCUT2D eigenvalue weighted by Gasteiger charge is 2.26.